The lowest BCUT2D eigenvalue weighted by molar-refractivity contribution is 0.0899. The number of hydrogen-bond donors (Lipinski definition) is 1. The van der Waals surface area contributed by atoms with Gasteiger partial charge in [0.25, 0.3) is 5.91 Å². The molecule has 0 aliphatic carbocycles. The molecule has 0 radical (unpaired) electrons. The van der Waals surface area contributed by atoms with Gasteiger partial charge >= 0.3 is 0 Å². The van der Waals surface area contributed by atoms with Crippen LogP contribution in [0.1, 0.15) is 40.7 Å². The topological polar surface area (TPSA) is 90.3 Å². The number of aromatic nitrogens is 2. The monoisotopic (exact) mass is 499 g/mol. The number of fused-ring (bicyclic) bond motifs is 2. The molecule has 0 bridgehead atoms. The van der Waals surface area contributed by atoms with Gasteiger partial charge in [0, 0.05) is 38.0 Å². The number of carbonyl (C=O) groups is 1. The fourth-order valence-corrected chi connectivity index (χ4v) is 6.80. The van der Waals surface area contributed by atoms with Crippen molar-refractivity contribution in [3.05, 3.63) is 53.3 Å². The van der Waals surface area contributed by atoms with Crippen LogP contribution in [0, 0.1) is 6.92 Å². The van der Waals surface area contributed by atoms with Crippen molar-refractivity contribution in [1.82, 2.24) is 9.55 Å². The Morgan fingerprint density at radius 3 is 2.76 bits per heavy atom. The molecule has 34 heavy (non-hydrogen) atoms. The van der Waals surface area contributed by atoms with Gasteiger partial charge in [-0.15, -0.1) is 0 Å². The molecule has 1 N–H and O–H groups in total. The quantitative estimate of drug-likeness (QED) is 0.357. The Balaban J connectivity index is 1.57. The molecule has 3 aromatic rings. The summed E-state index contributed by atoms with van der Waals surface area (Å²) in [6.07, 6.45) is 4.16. The first-order valence-electron chi connectivity index (χ1n) is 11.7. The molecule has 7 nitrogen and oxygen atoms in total. The number of hydrogen-bond acceptors (Lipinski definition) is 5. The number of nitrogens with zero attached hydrogens (tertiary/aromatic N) is 2. The minimum atomic E-state index is -3.38. The first kappa shape index (κ1) is 24.6. The highest BCUT2D eigenvalue weighted by Gasteiger charge is 2.30. The maximum Gasteiger partial charge on any atom is 0.255 e. The number of rotatable bonds is 7. The molecule has 9 heteroatoms. The number of nitrogens with one attached hydrogen (secondary N) is 1. The third-order valence-electron chi connectivity index (χ3n) is 6.42. The van der Waals surface area contributed by atoms with Gasteiger partial charge in [-0.05, 0) is 54.6 Å². The van der Waals surface area contributed by atoms with Crippen LogP contribution in [0.2, 0.25) is 25.7 Å². The SMILES string of the molecule is Cc1cc2c(cc1C(=O)Nc1ccnc3c1ccn3COCC[Si](C)(C)C)S(=O)(=O)CC[C@@H]2C. The molecule has 182 valence electrons. The van der Waals surface area contributed by atoms with Crippen LogP contribution in [0.4, 0.5) is 5.69 Å². The maximum atomic E-state index is 13.2. The fourth-order valence-electron chi connectivity index (χ4n) is 4.24. The Hall–Kier alpha value is -2.49. The van der Waals surface area contributed by atoms with E-state index in [1.165, 1.54) is 0 Å². The number of pyridine rings is 1. The van der Waals surface area contributed by atoms with Gasteiger partial charge in [0.05, 0.1) is 16.3 Å². The van der Waals surface area contributed by atoms with Gasteiger partial charge in [0.1, 0.15) is 12.4 Å². The summed E-state index contributed by atoms with van der Waals surface area (Å²) < 4.78 is 33.1. The molecule has 4 rings (SSSR count). The van der Waals surface area contributed by atoms with Gasteiger partial charge in [-0.1, -0.05) is 32.6 Å². The lowest BCUT2D eigenvalue weighted by Crippen LogP contribution is -2.22. The molecule has 1 atom stereocenters. The average molecular weight is 500 g/mol. The van der Waals surface area contributed by atoms with Crippen LogP contribution in [-0.2, 0) is 21.3 Å². The second-order valence-electron chi connectivity index (χ2n) is 10.4. The number of amides is 1. The Labute approximate surface area is 202 Å². The van der Waals surface area contributed by atoms with Crippen LogP contribution in [0.15, 0.2) is 41.6 Å². The third kappa shape index (κ3) is 5.11. The van der Waals surface area contributed by atoms with E-state index in [0.717, 1.165) is 28.2 Å². The summed E-state index contributed by atoms with van der Waals surface area (Å²) in [5.74, 6) is -0.0636. The summed E-state index contributed by atoms with van der Waals surface area (Å²) in [5, 5.41) is 3.77. The zero-order valence-corrected chi connectivity index (χ0v) is 22.3. The summed E-state index contributed by atoms with van der Waals surface area (Å²) in [7, 11) is -4.53. The molecule has 0 unspecified atom stereocenters. The molecule has 1 aliphatic rings. The number of sulfone groups is 1. The number of carbonyl (C=O) groups excluding carboxylic acids is 1. The van der Waals surface area contributed by atoms with E-state index in [-0.39, 0.29) is 22.5 Å². The van der Waals surface area contributed by atoms with Crippen molar-refractivity contribution in [3.8, 4) is 0 Å². The minimum absolute atomic E-state index is 0.115. The predicted molar refractivity (Wildman–Crippen MR) is 138 cm³/mol. The normalized spacial score (nSPS) is 17.5. The summed E-state index contributed by atoms with van der Waals surface area (Å²) >= 11 is 0. The van der Waals surface area contributed by atoms with Gasteiger partial charge in [0.2, 0.25) is 0 Å². The van der Waals surface area contributed by atoms with Gasteiger partial charge < -0.3 is 14.6 Å². The van der Waals surface area contributed by atoms with E-state index in [2.05, 4.69) is 29.9 Å². The Morgan fingerprint density at radius 2 is 2.03 bits per heavy atom. The number of ether oxygens (including phenoxy) is 1. The molecule has 3 heterocycles. The van der Waals surface area contributed by atoms with Crippen molar-refractivity contribution in [2.45, 2.75) is 63.5 Å². The molecule has 0 saturated heterocycles. The summed E-state index contributed by atoms with van der Waals surface area (Å²) in [6, 6.07) is 8.15. The first-order chi connectivity index (χ1) is 16.0. The molecule has 0 saturated carbocycles. The van der Waals surface area contributed by atoms with E-state index in [9.17, 15) is 13.2 Å². The Kier molecular flexibility index (Phi) is 6.72. The molecule has 1 amide bonds. The van der Waals surface area contributed by atoms with Crippen LogP contribution >= 0.6 is 0 Å². The molecule has 1 aromatic carbocycles. The first-order valence-corrected chi connectivity index (χ1v) is 17.0. The largest absolute Gasteiger partial charge is 0.361 e. The van der Waals surface area contributed by atoms with Crippen molar-refractivity contribution in [2.75, 3.05) is 17.7 Å². The zero-order valence-electron chi connectivity index (χ0n) is 20.5. The minimum Gasteiger partial charge on any atom is -0.361 e. The summed E-state index contributed by atoms with van der Waals surface area (Å²) in [4.78, 5) is 18.0. The van der Waals surface area contributed by atoms with Crippen LogP contribution in [0.5, 0.6) is 0 Å². The van der Waals surface area contributed by atoms with E-state index in [1.54, 1.807) is 18.3 Å². The highest BCUT2D eigenvalue weighted by Crippen LogP contribution is 2.35. The van der Waals surface area contributed by atoms with Crippen LogP contribution in [0.3, 0.4) is 0 Å². The van der Waals surface area contributed by atoms with Gasteiger partial charge in [-0.2, -0.15) is 0 Å². The maximum absolute atomic E-state index is 13.2. The standard InChI is InChI=1S/C25H33N3O4SSi/c1-17-8-12-33(30,31)23-15-21(18(2)14-20(17)23)25(29)27-22-6-9-26-24-19(22)7-10-28(24)16-32-11-13-34(3,4)5/h6-7,9-10,14-15,17H,8,11-13,16H2,1-5H3,(H,26,27,29)/t17-/m0/s1. The lowest BCUT2D eigenvalue weighted by Gasteiger charge is -2.24. The average Bonchev–Trinajstić information content (AvgIpc) is 3.17. The van der Waals surface area contributed by atoms with Gasteiger partial charge in [0.15, 0.2) is 9.84 Å². The van der Waals surface area contributed by atoms with E-state index >= 15 is 0 Å². The van der Waals surface area contributed by atoms with Gasteiger partial charge in [-0.3, -0.25) is 4.79 Å². The fraction of sp³-hybridized carbons (Fsp3) is 0.440. The molecular weight excluding hydrogens is 466 g/mol. The Bertz CT molecular complexity index is 1340. The third-order valence-corrected chi connectivity index (χ3v) is 9.93. The van der Waals surface area contributed by atoms with E-state index in [4.69, 9.17) is 4.74 Å². The number of aryl methyl sites for hydroxylation is 1. The smallest absolute Gasteiger partial charge is 0.255 e. The Morgan fingerprint density at radius 1 is 1.26 bits per heavy atom. The molecule has 1 aliphatic heterocycles. The van der Waals surface area contributed by atoms with Crippen molar-refractivity contribution >= 4 is 40.5 Å². The van der Waals surface area contributed by atoms with Crippen molar-refractivity contribution < 1.29 is 17.9 Å². The summed E-state index contributed by atoms with van der Waals surface area (Å²) in [6.45, 7) is 11.9. The molecule has 2 aromatic heterocycles. The van der Waals surface area contributed by atoms with Crippen molar-refractivity contribution in [2.24, 2.45) is 0 Å². The number of anilines is 1. The van der Waals surface area contributed by atoms with Crippen LogP contribution in [-0.4, -0.2) is 44.3 Å². The van der Waals surface area contributed by atoms with E-state index in [0.29, 0.717) is 31.0 Å². The number of benzene rings is 1. The molecule has 0 fully saturated rings. The van der Waals surface area contributed by atoms with E-state index in [1.807, 2.05) is 36.7 Å². The van der Waals surface area contributed by atoms with E-state index < -0.39 is 17.9 Å². The second kappa shape index (κ2) is 9.28. The molecular formula is C25H33N3O4SSi. The van der Waals surface area contributed by atoms with Gasteiger partial charge in [-0.25, -0.2) is 13.4 Å². The van der Waals surface area contributed by atoms with Crippen LogP contribution in [0.25, 0.3) is 11.0 Å². The lowest BCUT2D eigenvalue weighted by atomic mass is 9.94. The molecule has 0 spiro atoms. The van der Waals surface area contributed by atoms with Crippen molar-refractivity contribution in [1.29, 1.82) is 0 Å². The zero-order chi connectivity index (χ0) is 24.7. The highest BCUT2D eigenvalue weighted by atomic mass is 32.2. The van der Waals surface area contributed by atoms with Crippen LogP contribution < -0.4 is 5.32 Å². The second-order valence-corrected chi connectivity index (χ2v) is 18.1. The highest BCUT2D eigenvalue weighted by molar-refractivity contribution is 7.91. The van der Waals surface area contributed by atoms with Crippen molar-refractivity contribution in [3.63, 3.8) is 0 Å². The summed E-state index contributed by atoms with van der Waals surface area (Å²) in [5.41, 5.74) is 3.29. The predicted octanol–water partition coefficient (Wildman–Crippen LogP) is 5.19.